The van der Waals surface area contributed by atoms with Gasteiger partial charge in [-0.05, 0) is 49.5 Å². The van der Waals surface area contributed by atoms with E-state index in [0.717, 1.165) is 24.2 Å². The van der Waals surface area contributed by atoms with Gasteiger partial charge in [-0.1, -0.05) is 24.6 Å². The number of anilines is 1. The van der Waals surface area contributed by atoms with Crippen molar-refractivity contribution in [1.29, 1.82) is 0 Å². The number of carboxylic acids is 1. The smallest absolute Gasteiger partial charge is 0.328 e. The van der Waals surface area contributed by atoms with E-state index in [1.165, 1.54) is 12.5 Å². The van der Waals surface area contributed by atoms with Crippen LogP contribution in [0.4, 0.5) is 5.69 Å². The lowest BCUT2D eigenvalue weighted by Gasteiger charge is -2.40. The molecule has 0 aliphatic carbocycles. The molecule has 0 spiro atoms. The van der Waals surface area contributed by atoms with Gasteiger partial charge in [0.15, 0.2) is 0 Å². The number of rotatable bonds is 3. The minimum Gasteiger partial charge on any atom is -0.478 e. The van der Waals surface area contributed by atoms with Gasteiger partial charge >= 0.3 is 5.97 Å². The van der Waals surface area contributed by atoms with Gasteiger partial charge in [0, 0.05) is 29.4 Å². The maximum Gasteiger partial charge on any atom is 0.328 e. The van der Waals surface area contributed by atoms with Crippen LogP contribution >= 0.6 is 11.6 Å². The van der Waals surface area contributed by atoms with Crippen molar-refractivity contribution in [1.82, 2.24) is 0 Å². The molecule has 1 heterocycles. The molecule has 20 heavy (non-hydrogen) atoms. The van der Waals surface area contributed by atoms with Crippen molar-refractivity contribution in [3.05, 3.63) is 34.9 Å². The first kappa shape index (κ1) is 14.9. The van der Waals surface area contributed by atoms with Crippen LogP contribution in [0.2, 0.25) is 5.02 Å². The molecule has 2 rings (SSSR count). The zero-order chi connectivity index (χ0) is 14.7. The first-order valence-electron chi connectivity index (χ1n) is 6.96. The Morgan fingerprint density at radius 2 is 2.20 bits per heavy atom. The van der Waals surface area contributed by atoms with E-state index in [-0.39, 0.29) is 0 Å². The van der Waals surface area contributed by atoms with Crippen molar-refractivity contribution in [2.45, 2.75) is 32.7 Å². The van der Waals surface area contributed by atoms with Gasteiger partial charge in [0.25, 0.3) is 0 Å². The molecule has 1 fully saturated rings. The molecule has 2 atom stereocenters. The summed E-state index contributed by atoms with van der Waals surface area (Å²) in [5.41, 5.74) is 1.92. The summed E-state index contributed by atoms with van der Waals surface area (Å²) in [4.78, 5) is 13.1. The molecule has 108 valence electrons. The van der Waals surface area contributed by atoms with Gasteiger partial charge in [-0.25, -0.2) is 4.79 Å². The van der Waals surface area contributed by atoms with Crippen LogP contribution in [0.5, 0.6) is 0 Å². The van der Waals surface area contributed by atoms with Crippen molar-refractivity contribution in [3.63, 3.8) is 0 Å². The summed E-state index contributed by atoms with van der Waals surface area (Å²) in [7, 11) is 0. The Bertz CT molecular complexity index is 527. The molecule has 1 aromatic carbocycles. The van der Waals surface area contributed by atoms with Crippen LogP contribution in [0.3, 0.4) is 0 Å². The highest BCUT2D eigenvalue weighted by Crippen LogP contribution is 2.33. The average Bonchev–Trinajstić information content (AvgIpc) is 2.40. The molecule has 2 unspecified atom stereocenters. The summed E-state index contributed by atoms with van der Waals surface area (Å²) in [5.74, 6) is -0.315. The van der Waals surface area contributed by atoms with Crippen LogP contribution in [0.25, 0.3) is 6.08 Å². The molecule has 0 amide bonds. The fourth-order valence-electron chi connectivity index (χ4n) is 2.74. The predicted molar refractivity (Wildman–Crippen MR) is 83.3 cm³/mol. The quantitative estimate of drug-likeness (QED) is 0.854. The first-order chi connectivity index (χ1) is 9.49. The number of nitrogens with zero attached hydrogens (tertiary/aromatic N) is 1. The van der Waals surface area contributed by atoms with E-state index >= 15 is 0 Å². The zero-order valence-corrected chi connectivity index (χ0v) is 12.6. The van der Waals surface area contributed by atoms with Crippen molar-refractivity contribution in [2.24, 2.45) is 5.92 Å². The molecule has 1 aromatic rings. The zero-order valence-electron chi connectivity index (χ0n) is 11.8. The minimum atomic E-state index is -0.939. The van der Waals surface area contributed by atoms with E-state index < -0.39 is 5.97 Å². The van der Waals surface area contributed by atoms with Crippen molar-refractivity contribution >= 4 is 29.3 Å². The number of carboxylic acid groups (broad SMARTS) is 1. The van der Waals surface area contributed by atoms with Crippen LogP contribution in [0, 0.1) is 5.92 Å². The van der Waals surface area contributed by atoms with Gasteiger partial charge in [-0.2, -0.15) is 0 Å². The number of aliphatic carboxylic acids is 1. The number of benzene rings is 1. The molecule has 1 N–H and O–H groups in total. The molecule has 4 heteroatoms. The normalized spacial score (nSPS) is 23.2. The topological polar surface area (TPSA) is 40.5 Å². The summed E-state index contributed by atoms with van der Waals surface area (Å²) < 4.78 is 0. The second kappa shape index (κ2) is 6.31. The van der Waals surface area contributed by atoms with Crippen LogP contribution in [0.15, 0.2) is 24.3 Å². The molecule has 0 bridgehead atoms. The summed E-state index contributed by atoms with van der Waals surface area (Å²) in [5, 5.41) is 9.48. The van der Waals surface area contributed by atoms with Crippen molar-refractivity contribution in [2.75, 3.05) is 11.4 Å². The monoisotopic (exact) mass is 293 g/mol. The fourth-order valence-corrected chi connectivity index (χ4v) is 2.91. The third kappa shape index (κ3) is 3.34. The van der Waals surface area contributed by atoms with Crippen LogP contribution in [0.1, 0.15) is 32.3 Å². The van der Waals surface area contributed by atoms with Gasteiger partial charge in [-0.3, -0.25) is 0 Å². The summed E-state index contributed by atoms with van der Waals surface area (Å²) >= 11 is 6.12. The van der Waals surface area contributed by atoms with Crippen molar-refractivity contribution < 1.29 is 9.90 Å². The van der Waals surface area contributed by atoms with Crippen LogP contribution < -0.4 is 4.90 Å². The first-order valence-corrected chi connectivity index (χ1v) is 7.34. The third-order valence-corrected chi connectivity index (χ3v) is 4.32. The molecule has 1 saturated heterocycles. The lowest BCUT2D eigenvalue weighted by molar-refractivity contribution is -0.131. The highest BCUT2D eigenvalue weighted by atomic mass is 35.5. The maximum absolute atomic E-state index is 10.7. The highest BCUT2D eigenvalue weighted by molar-refractivity contribution is 6.31. The Balaban J connectivity index is 2.38. The number of hydrogen-bond acceptors (Lipinski definition) is 2. The van der Waals surface area contributed by atoms with E-state index in [1.54, 1.807) is 12.1 Å². The van der Waals surface area contributed by atoms with Gasteiger partial charge in [0.1, 0.15) is 0 Å². The SMILES string of the molecule is CC1CCCN(c2cc(Cl)ccc2/C=C/C(=O)O)C1C. The second-order valence-electron chi connectivity index (χ2n) is 5.43. The standard InChI is InChI=1S/C16H20ClNO2/c1-11-4-3-9-18(12(11)2)15-10-14(17)7-5-13(15)6-8-16(19)20/h5-8,10-12H,3-4,9H2,1-2H3,(H,19,20)/b8-6+. The molecule has 0 radical (unpaired) electrons. The Kier molecular flexibility index (Phi) is 4.71. The molecular formula is C16H20ClNO2. The van der Waals surface area contributed by atoms with Gasteiger partial charge in [0.2, 0.25) is 0 Å². The maximum atomic E-state index is 10.7. The van der Waals surface area contributed by atoms with Crippen LogP contribution in [-0.2, 0) is 4.79 Å². The molecular weight excluding hydrogens is 274 g/mol. The Morgan fingerprint density at radius 1 is 1.45 bits per heavy atom. The number of piperidine rings is 1. The van der Waals surface area contributed by atoms with Crippen LogP contribution in [-0.4, -0.2) is 23.7 Å². The highest BCUT2D eigenvalue weighted by Gasteiger charge is 2.26. The van der Waals surface area contributed by atoms with E-state index in [9.17, 15) is 4.79 Å². The number of halogens is 1. The minimum absolute atomic E-state index is 0.430. The van der Waals surface area contributed by atoms with Gasteiger partial charge in [-0.15, -0.1) is 0 Å². The largest absolute Gasteiger partial charge is 0.478 e. The molecule has 0 aromatic heterocycles. The van der Waals surface area contributed by atoms with Gasteiger partial charge in [0.05, 0.1) is 0 Å². The predicted octanol–water partition coefficient (Wildman–Crippen LogP) is 4.06. The number of carbonyl (C=O) groups is 1. The second-order valence-corrected chi connectivity index (χ2v) is 5.86. The van der Waals surface area contributed by atoms with E-state index in [4.69, 9.17) is 16.7 Å². The molecule has 3 nitrogen and oxygen atoms in total. The van der Waals surface area contributed by atoms with E-state index in [1.807, 2.05) is 12.1 Å². The Hall–Kier alpha value is -1.48. The molecule has 1 aliphatic rings. The van der Waals surface area contributed by atoms with Crippen molar-refractivity contribution in [3.8, 4) is 0 Å². The van der Waals surface area contributed by atoms with E-state index in [0.29, 0.717) is 17.0 Å². The molecule has 1 aliphatic heterocycles. The summed E-state index contributed by atoms with van der Waals surface area (Å²) in [6, 6.07) is 6.03. The third-order valence-electron chi connectivity index (χ3n) is 4.08. The average molecular weight is 294 g/mol. The van der Waals surface area contributed by atoms with Gasteiger partial charge < -0.3 is 10.0 Å². The lowest BCUT2D eigenvalue weighted by Crippen LogP contribution is -2.42. The Labute approximate surface area is 124 Å². The van der Waals surface area contributed by atoms with E-state index in [2.05, 4.69) is 18.7 Å². The number of hydrogen-bond donors (Lipinski definition) is 1. The summed E-state index contributed by atoms with van der Waals surface area (Å²) in [6.07, 6.45) is 5.20. The Morgan fingerprint density at radius 3 is 2.90 bits per heavy atom. The molecule has 0 saturated carbocycles. The lowest BCUT2D eigenvalue weighted by atomic mass is 9.91. The fraction of sp³-hybridized carbons (Fsp3) is 0.438. The summed E-state index contributed by atoms with van der Waals surface area (Å²) in [6.45, 7) is 5.46.